The molecule has 0 saturated carbocycles. The maximum absolute atomic E-state index is 12.6. The van der Waals surface area contributed by atoms with Crippen molar-refractivity contribution >= 4 is 23.5 Å². The summed E-state index contributed by atoms with van der Waals surface area (Å²) in [6.45, 7) is 5.45. The summed E-state index contributed by atoms with van der Waals surface area (Å²) in [5.74, 6) is -0.143. The number of hydrogen-bond donors (Lipinski definition) is 0. The van der Waals surface area contributed by atoms with Crippen LogP contribution in [0.15, 0.2) is 47.9 Å². The summed E-state index contributed by atoms with van der Waals surface area (Å²) >= 11 is 1.58. The number of rotatable bonds is 7. The van der Waals surface area contributed by atoms with Crippen LogP contribution in [-0.4, -0.2) is 34.8 Å². The molecule has 0 amide bonds. The van der Waals surface area contributed by atoms with E-state index in [1.807, 2.05) is 37.3 Å². The third kappa shape index (κ3) is 4.33. The van der Waals surface area contributed by atoms with Crippen LogP contribution in [0.4, 0.5) is 0 Å². The van der Waals surface area contributed by atoms with E-state index < -0.39 is 4.75 Å². The number of ketones is 1. The number of carbonyl (C=O) groups excluding carboxylic acids is 2. The topological polar surface area (TPSA) is 52.6 Å². The Morgan fingerprint density at radius 3 is 2.68 bits per heavy atom. The molecule has 2 saturated heterocycles. The largest absolute Gasteiger partial charge is 0.462 e. The van der Waals surface area contributed by atoms with Crippen molar-refractivity contribution in [1.29, 1.82) is 0 Å². The molecule has 2 aliphatic heterocycles. The van der Waals surface area contributed by atoms with Crippen LogP contribution >= 0.6 is 11.8 Å². The van der Waals surface area contributed by atoms with Gasteiger partial charge in [-0.05, 0) is 44.4 Å². The second-order valence-electron chi connectivity index (χ2n) is 6.87. The predicted molar refractivity (Wildman–Crippen MR) is 97.5 cm³/mol. The third-order valence-corrected chi connectivity index (χ3v) is 6.16. The average Bonchev–Trinajstić information content (AvgIpc) is 3.12. The Labute approximate surface area is 153 Å². The first kappa shape index (κ1) is 18.2. The van der Waals surface area contributed by atoms with Crippen molar-refractivity contribution in [3.05, 3.63) is 43.0 Å². The van der Waals surface area contributed by atoms with E-state index >= 15 is 0 Å². The van der Waals surface area contributed by atoms with Gasteiger partial charge in [0, 0.05) is 17.7 Å². The summed E-state index contributed by atoms with van der Waals surface area (Å²) in [6, 6.07) is 9.95. The fourth-order valence-corrected chi connectivity index (χ4v) is 5.10. The quantitative estimate of drug-likeness (QED) is 0.545. The van der Waals surface area contributed by atoms with Crippen LogP contribution in [0.2, 0.25) is 0 Å². The van der Waals surface area contributed by atoms with Gasteiger partial charge in [-0.3, -0.25) is 9.59 Å². The summed E-state index contributed by atoms with van der Waals surface area (Å²) in [7, 11) is 0. The number of carbonyl (C=O) groups is 2. The molecule has 0 N–H and O–H groups in total. The molecule has 0 aliphatic carbocycles. The number of benzene rings is 1. The van der Waals surface area contributed by atoms with Crippen molar-refractivity contribution in [2.75, 3.05) is 0 Å². The van der Waals surface area contributed by atoms with E-state index in [1.165, 1.54) is 6.08 Å². The molecule has 2 aliphatic rings. The smallest absolute Gasteiger partial charge is 0.323 e. The van der Waals surface area contributed by atoms with Gasteiger partial charge in [0.1, 0.15) is 10.9 Å². The molecule has 25 heavy (non-hydrogen) atoms. The van der Waals surface area contributed by atoms with E-state index in [4.69, 9.17) is 9.47 Å². The van der Waals surface area contributed by atoms with Crippen molar-refractivity contribution in [3.8, 4) is 0 Å². The molecule has 0 aromatic heterocycles. The van der Waals surface area contributed by atoms with E-state index in [0.29, 0.717) is 19.3 Å². The number of hydrogen-bond acceptors (Lipinski definition) is 5. The van der Waals surface area contributed by atoms with Gasteiger partial charge in [0.25, 0.3) is 0 Å². The Balaban J connectivity index is 1.70. The van der Waals surface area contributed by atoms with Crippen LogP contribution in [0, 0.1) is 0 Å². The molecular formula is C20H24O4S. The summed E-state index contributed by atoms with van der Waals surface area (Å²) in [4.78, 5) is 25.2. The van der Waals surface area contributed by atoms with Gasteiger partial charge in [-0.15, -0.1) is 11.8 Å². The van der Waals surface area contributed by atoms with Crippen LogP contribution in [0.1, 0.15) is 39.0 Å². The number of cyclic esters (lactones) is 1. The lowest BCUT2D eigenvalue weighted by Gasteiger charge is -2.27. The zero-order chi connectivity index (χ0) is 17.9. The molecule has 2 heterocycles. The molecule has 134 valence electrons. The standard InChI is InChI=1S/C20H24O4S/c1-3-15(21)11-16-9-10-17(24-16)13-20(12-14(2)23-19(20)22)25-18-7-5-4-6-8-18/h3-8,14,16-17H,1,9-13H2,2H3/t14-,16+,17+,20-/m0/s1. The SMILES string of the molecule is C=CC(=O)C[C@H]1CC[C@H](C[C@@]2(Sc3ccccc3)C[C@H](C)OC2=O)O1. The molecule has 5 heteroatoms. The number of ether oxygens (including phenoxy) is 2. The molecule has 0 unspecified atom stereocenters. The molecule has 0 radical (unpaired) electrons. The Kier molecular flexibility index (Phi) is 5.64. The second-order valence-corrected chi connectivity index (χ2v) is 8.32. The van der Waals surface area contributed by atoms with E-state index in [9.17, 15) is 9.59 Å². The van der Waals surface area contributed by atoms with Gasteiger partial charge in [0.15, 0.2) is 5.78 Å². The number of thioether (sulfide) groups is 1. The van der Waals surface area contributed by atoms with Gasteiger partial charge in [0.2, 0.25) is 0 Å². The lowest BCUT2D eigenvalue weighted by atomic mass is 9.95. The lowest BCUT2D eigenvalue weighted by Crippen LogP contribution is -2.35. The maximum Gasteiger partial charge on any atom is 0.323 e. The zero-order valence-electron chi connectivity index (χ0n) is 14.5. The summed E-state index contributed by atoms with van der Waals surface area (Å²) in [6.07, 6.45) is 4.58. The number of allylic oxidation sites excluding steroid dienone is 1. The Morgan fingerprint density at radius 1 is 1.32 bits per heavy atom. The highest BCUT2D eigenvalue weighted by Gasteiger charge is 2.50. The summed E-state index contributed by atoms with van der Waals surface area (Å²) in [5, 5.41) is 0. The number of esters is 1. The Hall–Kier alpha value is -1.59. The molecule has 2 fully saturated rings. The highest BCUT2D eigenvalue weighted by molar-refractivity contribution is 8.01. The molecule has 0 spiro atoms. The van der Waals surface area contributed by atoms with Gasteiger partial charge < -0.3 is 9.47 Å². The van der Waals surface area contributed by atoms with Crippen molar-refractivity contribution < 1.29 is 19.1 Å². The summed E-state index contributed by atoms with van der Waals surface area (Å²) in [5.41, 5.74) is 0. The lowest BCUT2D eigenvalue weighted by molar-refractivity contribution is -0.143. The van der Waals surface area contributed by atoms with Crippen LogP contribution in [0.3, 0.4) is 0 Å². The minimum absolute atomic E-state index is 0.00734. The van der Waals surface area contributed by atoms with Gasteiger partial charge in [-0.1, -0.05) is 24.8 Å². The van der Waals surface area contributed by atoms with Crippen molar-refractivity contribution in [3.63, 3.8) is 0 Å². The minimum Gasteiger partial charge on any atom is -0.462 e. The molecule has 1 aromatic rings. The van der Waals surface area contributed by atoms with Crippen molar-refractivity contribution in [2.45, 2.75) is 67.0 Å². The minimum atomic E-state index is -0.608. The van der Waals surface area contributed by atoms with E-state index in [-0.39, 0.29) is 30.1 Å². The van der Waals surface area contributed by atoms with E-state index in [0.717, 1.165) is 17.7 Å². The van der Waals surface area contributed by atoms with Gasteiger partial charge in [0.05, 0.1) is 12.2 Å². The zero-order valence-corrected chi connectivity index (χ0v) is 15.3. The average molecular weight is 360 g/mol. The van der Waals surface area contributed by atoms with Crippen molar-refractivity contribution in [2.24, 2.45) is 0 Å². The van der Waals surface area contributed by atoms with Crippen LogP contribution in [0.5, 0.6) is 0 Å². The van der Waals surface area contributed by atoms with E-state index in [1.54, 1.807) is 11.8 Å². The van der Waals surface area contributed by atoms with Crippen LogP contribution in [0.25, 0.3) is 0 Å². The predicted octanol–water partition coefficient (Wildman–Crippen LogP) is 3.94. The Morgan fingerprint density at radius 2 is 2.04 bits per heavy atom. The first-order chi connectivity index (χ1) is 12.0. The third-order valence-electron chi connectivity index (χ3n) is 4.76. The van der Waals surface area contributed by atoms with Crippen LogP contribution in [-0.2, 0) is 19.1 Å². The fourth-order valence-electron chi connectivity index (χ4n) is 3.64. The normalized spacial score (nSPS) is 31.7. The summed E-state index contributed by atoms with van der Waals surface area (Å²) < 4.78 is 10.9. The molecular weight excluding hydrogens is 336 g/mol. The second kappa shape index (κ2) is 7.75. The fraction of sp³-hybridized carbons (Fsp3) is 0.500. The highest BCUT2D eigenvalue weighted by atomic mass is 32.2. The first-order valence-corrected chi connectivity index (χ1v) is 9.58. The van der Waals surface area contributed by atoms with Crippen molar-refractivity contribution in [1.82, 2.24) is 0 Å². The van der Waals surface area contributed by atoms with Gasteiger partial charge in [-0.2, -0.15) is 0 Å². The van der Waals surface area contributed by atoms with Crippen LogP contribution < -0.4 is 0 Å². The molecule has 4 atom stereocenters. The molecule has 1 aromatic carbocycles. The van der Waals surface area contributed by atoms with Gasteiger partial charge >= 0.3 is 5.97 Å². The Bertz CT molecular complexity index is 644. The maximum atomic E-state index is 12.6. The van der Waals surface area contributed by atoms with E-state index in [2.05, 4.69) is 6.58 Å². The highest BCUT2D eigenvalue weighted by Crippen LogP contribution is 2.47. The molecule has 3 rings (SSSR count). The monoisotopic (exact) mass is 360 g/mol. The molecule has 4 nitrogen and oxygen atoms in total. The first-order valence-electron chi connectivity index (χ1n) is 8.76. The molecule has 0 bridgehead atoms. The van der Waals surface area contributed by atoms with Gasteiger partial charge in [-0.25, -0.2) is 0 Å².